The van der Waals surface area contributed by atoms with Crippen molar-refractivity contribution in [1.82, 2.24) is 16.0 Å². The molecule has 2 amide bonds. The van der Waals surface area contributed by atoms with Crippen molar-refractivity contribution in [3.63, 3.8) is 0 Å². The number of nitrogens with one attached hydrogen (secondary N) is 3. The number of hydrogen-bond acceptors (Lipinski definition) is 4. The van der Waals surface area contributed by atoms with Gasteiger partial charge in [0.25, 0.3) is 5.91 Å². The largest absolute Gasteiger partial charge is 0.353 e. The van der Waals surface area contributed by atoms with Crippen LogP contribution in [0.25, 0.3) is 0 Å². The highest BCUT2D eigenvalue weighted by molar-refractivity contribution is 9.11. The van der Waals surface area contributed by atoms with Crippen molar-refractivity contribution in [2.75, 3.05) is 19.6 Å². The zero-order valence-electron chi connectivity index (χ0n) is 11.0. The van der Waals surface area contributed by atoms with E-state index < -0.39 is 6.04 Å². The minimum Gasteiger partial charge on any atom is -0.353 e. The summed E-state index contributed by atoms with van der Waals surface area (Å²) in [6.07, 6.45) is 0. The first kappa shape index (κ1) is 16.1. The fourth-order valence-corrected chi connectivity index (χ4v) is 2.66. The van der Waals surface area contributed by atoms with Gasteiger partial charge < -0.3 is 16.0 Å². The third-order valence-electron chi connectivity index (χ3n) is 2.39. The maximum Gasteiger partial charge on any atom is 0.262 e. The molecular formula is C12H18BrN3O2S. The number of rotatable bonds is 7. The molecule has 0 fully saturated rings. The van der Waals surface area contributed by atoms with Crippen LogP contribution in [0.1, 0.15) is 23.5 Å². The molecule has 1 aromatic rings. The summed E-state index contributed by atoms with van der Waals surface area (Å²) >= 11 is 4.63. The summed E-state index contributed by atoms with van der Waals surface area (Å²) in [7, 11) is 0. The van der Waals surface area contributed by atoms with Crippen molar-refractivity contribution in [2.24, 2.45) is 0 Å². The zero-order valence-corrected chi connectivity index (χ0v) is 13.4. The van der Waals surface area contributed by atoms with E-state index >= 15 is 0 Å². The second kappa shape index (κ2) is 8.29. The number of carbonyl (C=O) groups is 2. The van der Waals surface area contributed by atoms with Gasteiger partial charge >= 0.3 is 0 Å². The normalized spacial score (nSPS) is 11.9. The van der Waals surface area contributed by atoms with E-state index in [9.17, 15) is 9.59 Å². The van der Waals surface area contributed by atoms with Crippen LogP contribution in [0.5, 0.6) is 0 Å². The molecule has 106 valence electrons. The molecule has 0 spiro atoms. The Balaban J connectivity index is 2.35. The Morgan fingerprint density at radius 1 is 1.37 bits per heavy atom. The van der Waals surface area contributed by atoms with Gasteiger partial charge in [0.05, 0.1) is 8.66 Å². The number of carbonyl (C=O) groups excluding carboxylic acids is 2. The molecule has 0 aliphatic heterocycles. The average molecular weight is 348 g/mol. The van der Waals surface area contributed by atoms with Crippen LogP contribution in [0, 0.1) is 0 Å². The maximum atomic E-state index is 11.8. The minimum absolute atomic E-state index is 0.179. The number of hydrogen-bond donors (Lipinski definition) is 3. The van der Waals surface area contributed by atoms with Gasteiger partial charge in [-0.15, -0.1) is 11.3 Å². The van der Waals surface area contributed by atoms with Crippen molar-refractivity contribution in [3.05, 3.63) is 20.8 Å². The van der Waals surface area contributed by atoms with E-state index in [0.717, 1.165) is 16.9 Å². The van der Waals surface area contributed by atoms with E-state index in [2.05, 4.69) is 31.9 Å². The fourth-order valence-electron chi connectivity index (χ4n) is 1.37. The summed E-state index contributed by atoms with van der Waals surface area (Å²) in [4.78, 5) is 24.1. The molecule has 0 aliphatic carbocycles. The molecule has 0 saturated heterocycles. The number of halogens is 1. The summed E-state index contributed by atoms with van der Waals surface area (Å²) in [6, 6.07) is 2.98. The van der Waals surface area contributed by atoms with Gasteiger partial charge in [-0.1, -0.05) is 6.92 Å². The van der Waals surface area contributed by atoms with Gasteiger partial charge in [0.2, 0.25) is 5.91 Å². The van der Waals surface area contributed by atoms with E-state index in [-0.39, 0.29) is 11.8 Å². The first-order chi connectivity index (χ1) is 9.04. The Bertz CT molecular complexity index is 436. The van der Waals surface area contributed by atoms with Crippen LogP contribution in [0.2, 0.25) is 0 Å². The first-order valence-electron chi connectivity index (χ1n) is 6.09. The molecule has 0 aliphatic rings. The standard InChI is InChI=1S/C12H18BrN3O2S/c1-3-14-6-7-15-11(17)8(2)16-12(18)9-4-5-10(13)19-9/h4-5,8,14H,3,6-7H2,1-2H3,(H,15,17)(H,16,18). The Hall–Kier alpha value is -0.920. The van der Waals surface area contributed by atoms with Crippen LogP contribution in [0.4, 0.5) is 0 Å². The predicted octanol–water partition coefficient (Wildman–Crippen LogP) is 1.35. The van der Waals surface area contributed by atoms with E-state index in [1.54, 1.807) is 19.1 Å². The second-order valence-electron chi connectivity index (χ2n) is 3.94. The van der Waals surface area contributed by atoms with Crippen molar-refractivity contribution in [2.45, 2.75) is 19.9 Å². The molecule has 1 heterocycles. The highest BCUT2D eigenvalue weighted by atomic mass is 79.9. The lowest BCUT2D eigenvalue weighted by atomic mass is 10.3. The topological polar surface area (TPSA) is 70.2 Å². The third-order valence-corrected chi connectivity index (χ3v) is 4.01. The summed E-state index contributed by atoms with van der Waals surface area (Å²) < 4.78 is 0.889. The van der Waals surface area contributed by atoms with Crippen LogP contribution in [-0.2, 0) is 4.79 Å². The van der Waals surface area contributed by atoms with Crippen LogP contribution >= 0.6 is 27.3 Å². The van der Waals surface area contributed by atoms with Crippen LogP contribution in [0.15, 0.2) is 15.9 Å². The molecule has 0 radical (unpaired) electrons. The van der Waals surface area contributed by atoms with Crippen LogP contribution < -0.4 is 16.0 Å². The van der Waals surface area contributed by atoms with Crippen LogP contribution in [0.3, 0.4) is 0 Å². The molecule has 0 aromatic carbocycles. The minimum atomic E-state index is -0.546. The smallest absolute Gasteiger partial charge is 0.262 e. The molecule has 1 atom stereocenters. The van der Waals surface area contributed by atoms with E-state index in [1.807, 2.05) is 6.92 Å². The maximum absolute atomic E-state index is 11.8. The molecule has 5 nitrogen and oxygen atoms in total. The molecule has 7 heteroatoms. The van der Waals surface area contributed by atoms with Crippen molar-refractivity contribution >= 4 is 39.1 Å². The molecule has 19 heavy (non-hydrogen) atoms. The lowest BCUT2D eigenvalue weighted by Crippen LogP contribution is -2.46. The Kier molecular flexibility index (Phi) is 7.04. The average Bonchev–Trinajstić information content (AvgIpc) is 2.81. The number of thiophene rings is 1. The Morgan fingerprint density at radius 2 is 2.11 bits per heavy atom. The SMILES string of the molecule is CCNCCNC(=O)C(C)NC(=O)c1ccc(Br)s1. The monoisotopic (exact) mass is 347 g/mol. The second-order valence-corrected chi connectivity index (χ2v) is 6.41. The van der Waals surface area contributed by atoms with Gasteiger partial charge in [-0.25, -0.2) is 0 Å². The molecule has 1 unspecified atom stereocenters. The zero-order chi connectivity index (χ0) is 14.3. The van der Waals surface area contributed by atoms with Crippen LogP contribution in [-0.4, -0.2) is 37.5 Å². The molecule has 1 rings (SSSR count). The van der Waals surface area contributed by atoms with Gasteiger partial charge in [0.15, 0.2) is 0 Å². The molecule has 1 aromatic heterocycles. The molecular weight excluding hydrogens is 330 g/mol. The van der Waals surface area contributed by atoms with Crippen molar-refractivity contribution in [1.29, 1.82) is 0 Å². The predicted molar refractivity (Wildman–Crippen MR) is 80.5 cm³/mol. The third kappa shape index (κ3) is 5.71. The van der Waals surface area contributed by atoms with Crippen molar-refractivity contribution in [3.8, 4) is 0 Å². The van der Waals surface area contributed by atoms with E-state index in [4.69, 9.17) is 0 Å². The van der Waals surface area contributed by atoms with Gasteiger partial charge in [-0.3, -0.25) is 9.59 Å². The lowest BCUT2D eigenvalue weighted by molar-refractivity contribution is -0.122. The summed E-state index contributed by atoms with van der Waals surface area (Å²) in [5, 5.41) is 8.53. The molecule has 3 N–H and O–H groups in total. The van der Waals surface area contributed by atoms with Gasteiger partial charge in [-0.05, 0) is 41.5 Å². The fraction of sp³-hybridized carbons (Fsp3) is 0.500. The summed E-state index contributed by atoms with van der Waals surface area (Å²) in [5.74, 6) is -0.410. The summed E-state index contributed by atoms with van der Waals surface area (Å²) in [6.45, 7) is 5.82. The van der Waals surface area contributed by atoms with Gasteiger partial charge in [0, 0.05) is 13.1 Å². The quantitative estimate of drug-likeness (QED) is 0.652. The van der Waals surface area contributed by atoms with Crippen molar-refractivity contribution < 1.29 is 9.59 Å². The first-order valence-corrected chi connectivity index (χ1v) is 7.70. The molecule has 0 bridgehead atoms. The Morgan fingerprint density at radius 3 is 2.68 bits per heavy atom. The Labute approximate surface area is 125 Å². The molecule has 0 saturated carbocycles. The van der Waals surface area contributed by atoms with Gasteiger partial charge in [0.1, 0.15) is 6.04 Å². The highest BCUT2D eigenvalue weighted by Crippen LogP contribution is 2.21. The summed E-state index contributed by atoms with van der Waals surface area (Å²) in [5.41, 5.74) is 0. The highest BCUT2D eigenvalue weighted by Gasteiger charge is 2.17. The number of amides is 2. The van der Waals surface area contributed by atoms with Gasteiger partial charge in [-0.2, -0.15) is 0 Å². The number of likely N-dealkylation sites (N-methyl/N-ethyl adjacent to an activating group) is 1. The van der Waals surface area contributed by atoms with E-state index in [1.165, 1.54) is 11.3 Å². The van der Waals surface area contributed by atoms with E-state index in [0.29, 0.717) is 11.4 Å². The lowest BCUT2D eigenvalue weighted by Gasteiger charge is -2.13.